The maximum atomic E-state index is 12.8. The molecule has 9 heteroatoms. The quantitative estimate of drug-likeness (QED) is 0.704. The molecule has 2 atom stereocenters. The number of nitrogens with one attached hydrogen (secondary N) is 1. The van der Waals surface area contributed by atoms with Crippen LogP contribution in [0.15, 0.2) is 28.7 Å². The second kappa shape index (κ2) is 8.28. The van der Waals surface area contributed by atoms with E-state index in [1.54, 1.807) is 9.80 Å². The molecule has 7 nitrogen and oxygen atoms in total. The number of rotatable bonds is 6. The third kappa shape index (κ3) is 4.89. The second-order valence-electron chi connectivity index (χ2n) is 7.09. The maximum absolute atomic E-state index is 12.8. The fraction of sp³-hybridized carbons (Fsp3) is 0.556. The number of benzene rings is 1. The van der Waals surface area contributed by atoms with Crippen molar-refractivity contribution in [2.24, 2.45) is 5.92 Å². The molecule has 0 radical (unpaired) electrons. The Hall–Kier alpha value is -1.45. The highest BCUT2D eigenvalue weighted by Gasteiger charge is 2.39. The Morgan fingerprint density at radius 3 is 2.81 bits per heavy atom. The standard InChI is InChI=1S/C18H24BrN3O4S/c1-2-8-27(25,26)20-15-6-7-21(12-15)18(24)13-9-17(23)22(11-13)16-5-3-4-14(19)10-16/h3-5,10,13,15,20H,2,6-9,11-12H2,1H3. The van der Waals surface area contributed by atoms with Crippen LogP contribution in [0.5, 0.6) is 0 Å². The Kier molecular flexibility index (Phi) is 6.22. The van der Waals surface area contributed by atoms with Gasteiger partial charge in [0.1, 0.15) is 0 Å². The van der Waals surface area contributed by atoms with E-state index in [4.69, 9.17) is 0 Å². The monoisotopic (exact) mass is 457 g/mol. The van der Waals surface area contributed by atoms with E-state index < -0.39 is 10.0 Å². The highest BCUT2D eigenvalue weighted by atomic mass is 79.9. The Labute approximate surface area is 168 Å². The van der Waals surface area contributed by atoms with Crippen molar-refractivity contribution < 1.29 is 18.0 Å². The summed E-state index contributed by atoms with van der Waals surface area (Å²) in [7, 11) is -3.30. The number of amides is 2. The first-order valence-electron chi connectivity index (χ1n) is 9.14. The summed E-state index contributed by atoms with van der Waals surface area (Å²) in [5.41, 5.74) is 0.774. The molecule has 3 rings (SSSR count). The van der Waals surface area contributed by atoms with Crippen molar-refractivity contribution in [3.63, 3.8) is 0 Å². The summed E-state index contributed by atoms with van der Waals surface area (Å²) in [6.07, 6.45) is 1.35. The zero-order valence-electron chi connectivity index (χ0n) is 15.2. The third-order valence-corrected chi connectivity index (χ3v) is 7.04. The molecule has 148 valence electrons. The van der Waals surface area contributed by atoms with E-state index in [0.29, 0.717) is 32.5 Å². The van der Waals surface area contributed by atoms with Crippen LogP contribution < -0.4 is 9.62 Å². The maximum Gasteiger partial charge on any atom is 0.228 e. The van der Waals surface area contributed by atoms with Gasteiger partial charge in [-0.25, -0.2) is 13.1 Å². The molecule has 0 saturated carbocycles. The third-order valence-electron chi connectivity index (χ3n) is 4.91. The number of carbonyl (C=O) groups excluding carboxylic acids is 2. The molecule has 1 aromatic carbocycles. The lowest BCUT2D eigenvalue weighted by Gasteiger charge is -2.21. The van der Waals surface area contributed by atoms with Crippen molar-refractivity contribution in [1.29, 1.82) is 0 Å². The summed E-state index contributed by atoms with van der Waals surface area (Å²) in [5.74, 6) is -0.428. The Bertz CT molecular complexity index is 830. The highest BCUT2D eigenvalue weighted by molar-refractivity contribution is 9.10. The molecule has 2 amide bonds. The minimum atomic E-state index is -3.30. The van der Waals surface area contributed by atoms with Gasteiger partial charge < -0.3 is 9.80 Å². The van der Waals surface area contributed by atoms with E-state index in [2.05, 4.69) is 20.7 Å². The minimum Gasteiger partial charge on any atom is -0.341 e. The number of anilines is 1. The largest absolute Gasteiger partial charge is 0.341 e. The topological polar surface area (TPSA) is 86.8 Å². The van der Waals surface area contributed by atoms with Gasteiger partial charge in [-0.15, -0.1) is 0 Å². The lowest BCUT2D eigenvalue weighted by atomic mass is 10.1. The predicted molar refractivity (Wildman–Crippen MR) is 107 cm³/mol. The number of carbonyl (C=O) groups is 2. The summed E-state index contributed by atoms with van der Waals surface area (Å²) in [6.45, 7) is 3.05. The SMILES string of the molecule is CCCS(=O)(=O)NC1CCN(C(=O)C2CC(=O)N(c3cccc(Br)c3)C2)C1. The normalized spacial score (nSPS) is 23.3. The molecule has 27 heavy (non-hydrogen) atoms. The van der Waals surface area contributed by atoms with E-state index in [1.807, 2.05) is 31.2 Å². The van der Waals surface area contributed by atoms with Gasteiger partial charge in [-0.2, -0.15) is 0 Å². The number of likely N-dealkylation sites (tertiary alicyclic amines) is 1. The molecule has 0 aromatic heterocycles. The molecule has 2 aliphatic heterocycles. The first-order valence-corrected chi connectivity index (χ1v) is 11.6. The van der Waals surface area contributed by atoms with Gasteiger partial charge in [-0.3, -0.25) is 9.59 Å². The van der Waals surface area contributed by atoms with Crippen LogP contribution in [0, 0.1) is 5.92 Å². The van der Waals surface area contributed by atoms with E-state index in [9.17, 15) is 18.0 Å². The molecule has 0 spiro atoms. The molecule has 2 saturated heterocycles. The molecule has 1 N–H and O–H groups in total. The van der Waals surface area contributed by atoms with Crippen molar-refractivity contribution in [1.82, 2.24) is 9.62 Å². The zero-order chi connectivity index (χ0) is 19.6. The van der Waals surface area contributed by atoms with Gasteiger partial charge in [0.2, 0.25) is 21.8 Å². The number of halogens is 1. The fourth-order valence-electron chi connectivity index (χ4n) is 3.66. The number of nitrogens with zero attached hydrogens (tertiary/aromatic N) is 2. The zero-order valence-corrected chi connectivity index (χ0v) is 17.6. The molecule has 2 heterocycles. The van der Waals surface area contributed by atoms with Crippen molar-refractivity contribution in [3.05, 3.63) is 28.7 Å². The first-order chi connectivity index (χ1) is 12.8. The van der Waals surface area contributed by atoms with Crippen LogP contribution >= 0.6 is 15.9 Å². The van der Waals surface area contributed by atoms with Crippen molar-refractivity contribution in [3.8, 4) is 0 Å². The van der Waals surface area contributed by atoms with E-state index in [0.717, 1.165) is 10.2 Å². The van der Waals surface area contributed by atoms with E-state index >= 15 is 0 Å². The van der Waals surface area contributed by atoms with Gasteiger partial charge in [0, 0.05) is 42.3 Å². The van der Waals surface area contributed by atoms with Gasteiger partial charge in [-0.05, 0) is 31.0 Å². The smallest absolute Gasteiger partial charge is 0.228 e. The van der Waals surface area contributed by atoms with Crippen LogP contribution in [-0.4, -0.2) is 56.6 Å². The molecule has 0 aliphatic carbocycles. The predicted octanol–water partition coefficient (Wildman–Crippen LogP) is 1.73. The highest BCUT2D eigenvalue weighted by Crippen LogP contribution is 2.29. The average molecular weight is 458 g/mol. The minimum absolute atomic E-state index is 0.0640. The molecule has 1 aromatic rings. The van der Waals surface area contributed by atoms with Crippen molar-refractivity contribution in [2.45, 2.75) is 32.2 Å². The van der Waals surface area contributed by atoms with E-state index in [1.165, 1.54) is 0 Å². The van der Waals surface area contributed by atoms with Gasteiger partial charge >= 0.3 is 0 Å². The van der Waals surface area contributed by atoms with Crippen LogP contribution in [0.2, 0.25) is 0 Å². The average Bonchev–Trinajstić information content (AvgIpc) is 3.20. The first kappa shape index (κ1) is 20.3. The molecule has 2 fully saturated rings. The van der Waals surface area contributed by atoms with Crippen LogP contribution in [0.3, 0.4) is 0 Å². The number of sulfonamides is 1. The summed E-state index contributed by atoms with van der Waals surface area (Å²) in [4.78, 5) is 28.5. The molecule has 0 bridgehead atoms. The fourth-order valence-corrected chi connectivity index (χ4v) is 5.41. The van der Waals surface area contributed by atoms with Crippen molar-refractivity contribution in [2.75, 3.05) is 30.3 Å². The van der Waals surface area contributed by atoms with Gasteiger partial charge in [-0.1, -0.05) is 28.9 Å². The lowest BCUT2D eigenvalue weighted by Crippen LogP contribution is -2.41. The molecular formula is C18H24BrN3O4S. The number of hydrogen-bond donors (Lipinski definition) is 1. The van der Waals surface area contributed by atoms with Gasteiger partial charge in [0.05, 0.1) is 11.7 Å². The summed E-state index contributed by atoms with van der Waals surface area (Å²) in [6, 6.07) is 7.21. The van der Waals surface area contributed by atoms with Crippen LogP contribution in [0.25, 0.3) is 0 Å². The molecule has 2 unspecified atom stereocenters. The van der Waals surface area contributed by atoms with Gasteiger partial charge in [0.15, 0.2) is 0 Å². The Morgan fingerprint density at radius 1 is 1.33 bits per heavy atom. The van der Waals surface area contributed by atoms with Crippen LogP contribution in [0.1, 0.15) is 26.2 Å². The summed E-state index contributed by atoms with van der Waals surface area (Å²) >= 11 is 3.40. The van der Waals surface area contributed by atoms with E-state index in [-0.39, 0.29) is 35.9 Å². The van der Waals surface area contributed by atoms with Gasteiger partial charge in [0.25, 0.3) is 0 Å². The number of hydrogen-bond acceptors (Lipinski definition) is 4. The lowest BCUT2D eigenvalue weighted by molar-refractivity contribution is -0.134. The molecule has 2 aliphatic rings. The van der Waals surface area contributed by atoms with Crippen LogP contribution in [-0.2, 0) is 19.6 Å². The summed E-state index contributed by atoms with van der Waals surface area (Å²) < 4.78 is 27.4. The Morgan fingerprint density at radius 2 is 2.11 bits per heavy atom. The molecular weight excluding hydrogens is 434 g/mol. The Balaban J connectivity index is 1.60. The van der Waals surface area contributed by atoms with Crippen molar-refractivity contribution >= 4 is 43.5 Å². The second-order valence-corrected chi connectivity index (χ2v) is 9.88. The van der Waals surface area contributed by atoms with Crippen LogP contribution in [0.4, 0.5) is 5.69 Å². The summed E-state index contributed by atoms with van der Waals surface area (Å²) in [5, 5.41) is 0.